The van der Waals surface area contributed by atoms with Crippen molar-refractivity contribution in [2.24, 2.45) is 5.73 Å². The Morgan fingerprint density at radius 3 is 2.70 bits per heavy atom. The number of carbonyl (C=O) groups excluding carboxylic acids is 1. The van der Waals surface area contributed by atoms with E-state index in [9.17, 15) is 13.6 Å². The number of amides is 1. The summed E-state index contributed by atoms with van der Waals surface area (Å²) in [6, 6.07) is 1.19. The minimum Gasteiger partial charge on any atom is -0.392 e. The van der Waals surface area contributed by atoms with Crippen molar-refractivity contribution in [3.05, 3.63) is 34.4 Å². The molecule has 1 saturated heterocycles. The number of nitrogens with two attached hydrogens (primary N) is 1. The van der Waals surface area contributed by atoms with Crippen LogP contribution in [0.3, 0.4) is 0 Å². The summed E-state index contributed by atoms with van der Waals surface area (Å²) < 4.78 is 27.2. The number of piperidine rings is 1. The highest BCUT2D eigenvalue weighted by Crippen LogP contribution is 2.24. The maximum Gasteiger partial charge on any atom is 0.257 e. The Morgan fingerprint density at radius 1 is 1.35 bits per heavy atom. The van der Waals surface area contributed by atoms with Crippen molar-refractivity contribution < 1.29 is 13.6 Å². The maximum atomic E-state index is 13.8. The molecule has 108 valence electrons. The zero-order chi connectivity index (χ0) is 14.9. The van der Waals surface area contributed by atoms with Gasteiger partial charge in [-0.25, -0.2) is 8.78 Å². The first-order chi connectivity index (χ1) is 9.41. The van der Waals surface area contributed by atoms with Gasteiger partial charge in [-0.2, -0.15) is 0 Å². The predicted molar refractivity (Wildman–Crippen MR) is 76.8 cm³/mol. The molecule has 1 heterocycles. The van der Waals surface area contributed by atoms with Gasteiger partial charge in [0.05, 0.1) is 21.6 Å². The average Bonchev–Trinajstić information content (AvgIpc) is 2.42. The molecule has 1 amide bonds. The second kappa shape index (κ2) is 6.01. The highest BCUT2D eigenvalue weighted by molar-refractivity contribution is 7.80. The molecule has 2 rings (SSSR count). The highest BCUT2D eigenvalue weighted by atomic mass is 35.5. The number of halogens is 3. The molecule has 1 fully saturated rings. The summed E-state index contributed by atoms with van der Waals surface area (Å²) in [5.41, 5.74) is 5.26. The van der Waals surface area contributed by atoms with Crippen LogP contribution in [0.5, 0.6) is 0 Å². The summed E-state index contributed by atoms with van der Waals surface area (Å²) >= 11 is 10.4. The first-order valence-corrected chi connectivity index (χ1v) is 6.95. The fourth-order valence-electron chi connectivity index (χ4n) is 2.31. The lowest BCUT2D eigenvalue weighted by atomic mass is 10.0. The highest BCUT2D eigenvalue weighted by Gasteiger charge is 2.31. The molecule has 1 atom stereocenters. The van der Waals surface area contributed by atoms with Gasteiger partial charge in [0, 0.05) is 6.54 Å². The Labute approximate surface area is 125 Å². The first kappa shape index (κ1) is 15.1. The predicted octanol–water partition coefficient (Wildman–Crippen LogP) is 2.90. The van der Waals surface area contributed by atoms with Gasteiger partial charge in [-0.3, -0.25) is 4.79 Å². The average molecular weight is 319 g/mol. The van der Waals surface area contributed by atoms with Crippen molar-refractivity contribution >= 4 is 34.7 Å². The number of hydrogen-bond acceptors (Lipinski definition) is 2. The van der Waals surface area contributed by atoms with Gasteiger partial charge < -0.3 is 10.6 Å². The van der Waals surface area contributed by atoms with E-state index in [0.717, 1.165) is 25.0 Å². The van der Waals surface area contributed by atoms with Crippen LogP contribution in [0.15, 0.2) is 12.1 Å². The molecule has 1 aliphatic heterocycles. The molecule has 1 aliphatic rings. The van der Waals surface area contributed by atoms with Crippen LogP contribution >= 0.6 is 23.8 Å². The molecule has 0 aliphatic carbocycles. The van der Waals surface area contributed by atoms with Gasteiger partial charge in [0.25, 0.3) is 5.91 Å². The van der Waals surface area contributed by atoms with Gasteiger partial charge >= 0.3 is 0 Å². The monoisotopic (exact) mass is 318 g/mol. The van der Waals surface area contributed by atoms with Crippen LogP contribution in [0.25, 0.3) is 0 Å². The van der Waals surface area contributed by atoms with E-state index in [2.05, 4.69) is 0 Å². The van der Waals surface area contributed by atoms with E-state index >= 15 is 0 Å². The van der Waals surface area contributed by atoms with Crippen molar-refractivity contribution in [2.45, 2.75) is 25.3 Å². The second-order valence-electron chi connectivity index (χ2n) is 4.66. The van der Waals surface area contributed by atoms with Gasteiger partial charge in [-0.15, -0.1) is 0 Å². The molecule has 0 radical (unpaired) electrons. The molecule has 1 aromatic rings. The van der Waals surface area contributed by atoms with Crippen LogP contribution in [0, 0.1) is 11.6 Å². The fraction of sp³-hybridized carbons (Fsp3) is 0.385. The van der Waals surface area contributed by atoms with Crippen molar-refractivity contribution in [1.29, 1.82) is 0 Å². The summed E-state index contributed by atoms with van der Waals surface area (Å²) in [7, 11) is 0. The molecule has 0 bridgehead atoms. The van der Waals surface area contributed by atoms with Crippen LogP contribution in [0.2, 0.25) is 5.02 Å². The Bertz CT molecular complexity index is 568. The lowest BCUT2D eigenvalue weighted by Gasteiger charge is -2.35. The number of likely N-dealkylation sites (tertiary alicyclic amines) is 1. The standard InChI is InChI=1S/C13H13ClF2N2OS/c14-8-6-9(15)7(5-10(8)16)13(19)18-4-2-1-3-11(18)12(17)20/h5-6,11H,1-4H2,(H2,17,20). The van der Waals surface area contributed by atoms with E-state index in [1.807, 2.05) is 0 Å². The van der Waals surface area contributed by atoms with Gasteiger partial charge in [-0.1, -0.05) is 23.8 Å². The third-order valence-electron chi connectivity index (χ3n) is 3.33. The van der Waals surface area contributed by atoms with E-state index in [4.69, 9.17) is 29.6 Å². The first-order valence-electron chi connectivity index (χ1n) is 6.16. The summed E-state index contributed by atoms with van der Waals surface area (Å²) in [5, 5.41) is -0.358. The molecule has 1 unspecified atom stereocenters. The smallest absolute Gasteiger partial charge is 0.257 e. The summed E-state index contributed by atoms with van der Waals surface area (Å²) in [5.74, 6) is -2.30. The molecule has 20 heavy (non-hydrogen) atoms. The zero-order valence-electron chi connectivity index (χ0n) is 10.5. The van der Waals surface area contributed by atoms with Crippen molar-refractivity contribution in [3.8, 4) is 0 Å². The van der Waals surface area contributed by atoms with Crippen LogP contribution in [0.4, 0.5) is 8.78 Å². The number of rotatable bonds is 2. The van der Waals surface area contributed by atoms with Gasteiger partial charge in [0.15, 0.2) is 0 Å². The van der Waals surface area contributed by atoms with E-state index in [1.165, 1.54) is 4.90 Å². The Hall–Kier alpha value is -1.27. The Kier molecular flexibility index (Phi) is 4.55. The summed E-state index contributed by atoms with van der Waals surface area (Å²) in [6.45, 7) is 0.421. The third kappa shape index (κ3) is 2.91. The van der Waals surface area contributed by atoms with Gasteiger partial charge in [0.2, 0.25) is 0 Å². The van der Waals surface area contributed by atoms with Gasteiger partial charge in [0.1, 0.15) is 11.6 Å². The molecular formula is C13H13ClF2N2OS. The number of carbonyl (C=O) groups is 1. The molecule has 7 heteroatoms. The Morgan fingerprint density at radius 2 is 2.05 bits per heavy atom. The van der Waals surface area contributed by atoms with Gasteiger partial charge in [-0.05, 0) is 31.4 Å². The minimum atomic E-state index is -0.853. The SMILES string of the molecule is NC(=S)C1CCCCN1C(=O)c1cc(F)c(Cl)cc1F. The van der Waals surface area contributed by atoms with Crippen LogP contribution in [-0.4, -0.2) is 28.4 Å². The second-order valence-corrected chi connectivity index (χ2v) is 5.54. The molecule has 1 aromatic carbocycles. The topological polar surface area (TPSA) is 46.3 Å². The third-order valence-corrected chi connectivity index (χ3v) is 3.89. The number of hydrogen-bond donors (Lipinski definition) is 1. The lowest BCUT2D eigenvalue weighted by Crippen LogP contribution is -2.50. The van der Waals surface area contributed by atoms with E-state index in [0.29, 0.717) is 13.0 Å². The molecule has 0 aromatic heterocycles. The van der Waals surface area contributed by atoms with E-state index in [1.54, 1.807) is 0 Å². The molecular weight excluding hydrogens is 306 g/mol. The molecule has 3 nitrogen and oxygen atoms in total. The van der Waals surface area contributed by atoms with Crippen molar-refractivity contribution in [3.63, 3.8) is 0 Å². The van der Waals surface area contributed by atoms with Crippen LogP contribution in [0.1, 0.15) is 29.6 Å². The van der Waals surface area contributed by atoms with E-state index < -0.39 is 23.6 Å². The number of thiocarbonyl (C=S) groups is 1. The maximum absolute atomic E-state index is 13.8. The fourth-order valence-corrected chi connectivity index (χ4v) is 2.71. The number of nitrogens with zero attached hydrogens (tertiary/aromatic N) is 1. The van der Waals surface area contributed by atoms with Crippen molar-refractivity contribution in [2.75, 3.05) is 6.54 Å². The van der Waals surface area contributed by atoms with Crippen molar-refractivity contribution in [1.82, 2.24) is 4.90 Å². The Balaban J connectivity index is 2.34. The van der Waals surface area contributed by atoms with Crippen LogP contribution < -0.4 is 5.73 Å². The minimum absolute atomic E-state index is 0.188. The summed E-state index contributed by atoms with van der Waals surface area (Å²) in [4.78, 5) is 13.9. The molecule has 0 saturated carbocycles. The number of benzene rings is 1. The summed E-state index contributed by atoms with van der Waals surface area (Å²) in [6.07, 6.45) is 2.31. The normalized spacial score (nSPS) is 18.9. The molecule has 2 N–H and O–H groups in total. The zero-order valence-corrected chi connectivity index (χ0v) is 12.1. The van der Waals surface area contributed by atoms with E-state index in [-0.39, 0.29) is 15.6 Å². The quantitative estimate of drug-likeness (QED) is 0.673. The largest absolute Gasteiger partial charge is 0.392 e. The lowest BCUT2D eigenvalue weighted by molar-refractivity contribution is 0.0676. The van der Waals surface area contributed by atoms with Crippen LogP contribution in [-0.2, 0) is 0 Å². The molecule has 0 spiro atoms.